The van der Waals surface area contributed by atoms with Crippen LogP contribution < -0.4 is 10.1 Å². The Bertz CT molecular complexity index is 1020. The van der Waals surface area contributed by atoms with Crippen molar-refractivity contribution in [2.45, 2.75) is 12.8 Å². The SMILES string of the molecule is COC1=CC2C(=NCCN(C)C)Nc3c(nc(C)c4cc(OC)ccc34)C2C=C1. The normalized spacial score (nSPS) is 21.6. The molecule has 4 rings (SSSR count). The van der Waals surface area contributed by atoms with Gasteiger partial charge in [-0.05, 0) is 51.4 Å². The highest BCUT2D eigenvalue weighted by atomic mass is 16.5. The first-order valence-electron chi connectivity index (χ1n) is 9.90. The number of nitrogens with zero attached hydrogens (tertiary/aromatic N) is 3. The van der Waals surface area contributed by atoms with Crippen molar-refractivity contribution in [1.82, 2.24) is 9.88 Å². The fourth-order valence-corrected chi connectivity index (χ4v) is 4.00. The molecule has 2 aromatic rings. The summed E-state index contributed by atoms with van der Waals surface area (Å²) in [5.74, 6) is 2.88. The number of rotatable bonds is 5. The van der Waals surface area contributed by atoms with Crippen LogP contribution in [0.1, 0.15) is 17.3 Å². The number of fused-ring (bicyclic) bond motifs is 5. The number of likely N-dealkylation sites (N-methyl/N-ethyl adjacent to an activating group) is 1. The fraction of sp³-hybridized carbons (Fsp3) is 0.391. The average Bonchev–Trinajstić information content (AvgIpc) is 2.73. The Morgan fingerprint density at radius 2 is 1.97 bits per heavy atom. The van der Waals surface area contributed by atoms with Crippen molar-refractivity contribution >= 4 is 22.3 Å². The summed E-state index contributed by atoms with van der Waals surface area (Å²) in [5.41, 5.74) is 3.09. The minimum Gasteiger partial charge on any atom is -0.497 e. The molecule has 2 heterocycles. The monoisotopic (exact) mass is 392 g/mol. The zero-order valence-corrected chi connectivity index (χ0v) is 17.7. The van der Waals surface area contributed by atoms with Gasteiger partial charge in [-0.2, -0.15) is 0 Å². The third kappa shape index (κ3) is 3.60. The van der Waals surface area contributed by atoms with Gasteiger partial charge in [0.2, 0.25) is 0 Å². The van der Waals surface area contributed by atoms with E-state index in [1.54, 1.807) is 14.2 Å². The van der Waals surface area contributed by atoms with E-state index in [4.69, 9.17) is 19.5 Å². The largest absolute Gasteiger partial charge is 0.497 e. The van der Waals surface area contributed by atoms with Crippen molar-refractivity contribution < 1.29 is 9.47 Å². The second kappa shape index (κ2) is 7.87. The van der Waals surface area contributed by atoms with Crippen molar-refractivity contribution in [2.24, 2.45) is 10.9 Å². The quantitative estimate of drug-likeness (QED) is 0.840. The molecule has 2 unspecified atom stereocenters. The Morgan fingerprint density at radius 1 is 1.14 bits per heavy atom. The van der Waals surface area contributed by atoms with Gasteiger partial charge in [-0.1, -0.05) is 6.08 Å². The zero-order chi connectivity index (χ0) is 20.5. The molecule has 0 bridgehead atoms. The molecule has 0 radical (unpaired) electrons. The van der Waals surface area contributed by atoms with E-state index in [1.807, 2.05) is 18.2 Å². The van der Waals surface area contributed by atoms with E-state index in [2.05, 4.69) is 49.5 Å². The van der Waals surface area contributed by atoms with Crippen LogP contribution in [0.15, 0.2) is 47.2 Å². The first-order chi connectivity index (χ1) is 14.0. The van der Waals surface area contributed by atoms with Gasteiger partial charge in [-0.25, -0.2) is 0 Å². The number of aryl methyl sites for hydroxylation is 1. The number of hydrogen-bond donors (Lipinski definition) is 1. The lowest BCUT2D eigenvalue weighted by Crippen LogP contribution is -2.35. The zero-order valence-electron chi connectivity index (χ0n) is 17.7. The van der Waals surface area contributed by atoms with E-state index in [-0.39, 0.29) is 11.8 Å². The molecule has 2 atom stereocenters. The van der Waals surface area contributed by atoms with Gasteiger partial charge in [0.15, 0.2) is 0 Å². The van der Waals surface area contributed by atoms with Crippen LogP contribution in [-0.4, -0.2) is 57.1 Å². The standard InChI is InChI=1S/C23H28N4O2/c1-14-19-12-15(28-4)6-8-17(19)22-21(25-14)18-9-7-16(29-5)13-20(18)23(26-22)24-10-11-27(2)3/h6-9,12-13,18,20H,10-11H2,1-5H3,(H,24,26). The van der Waals surface area contributed by atoms with Crippen LogP contribution in [0.3, 0.4) is 0 Å². The third-order valence-corrected chi connectivity index (χ3v) is 5.58. The molecule has 0 saturated heterocycles. The van der Waals surface area contributed by atoms with Crippen molar-refractivity contribution in [3.63, 3.8) is 0 Å². The molecule has 6 heteroatoms. The number of pyridine rings is 1. The maximum absolute atomic E-state index is 5.49. The summed E-state index contributed by atoms with van der Waals surface area (Å²) >= 11 is 0. The van der Waals surface area contributed by atoms with E-state index >= 15 is 0 Å². The summed E-state index contributed by atoms with van der Waals surface area (Å²) in [4.78, 5) is 12.0. The number of anilines is 1. The molecule has 0 amide bonds. The highest BCUT2D eigenvalue weighted by Crippen LogP contribution is 2.44. The number of methoxy groups -OCH3 is 2. The minimum absolute atomic E-state index is 0.0900. The van der Waals surface area contributed by atoms with Crippen LogP contribution in [-0.2, 0) is 4.74 Å². The Hall–Kier alpha value is -2.86. The van der Waals surface area contributed by atoms with Crippen molar-refractivity contribution in [3.8, 4) is 5.75 Å². The van der Waals surface area contributed by atoms with Crippen LogP contribution in [0.4, 0.5) is 5.69 Å². The summed E-state index contributed by atoms with van der Waals surface area (Å²) in [6.07, 6.45) is 6.36. The number of hydrogen-bond acceptors (Lipinski definition) is 5. The fourth-order valence-electron chi connectivity index (χ4n) is 4.00. The van der Waals surface area contributed by atoms with E-state index in [0.29, 0.717) is 0 Å². The Morgan fingerprint density at radius 3 is 2.69 bits per heavy atom. The second-order valence-electron chi connectivity index (χ2n) is 7.75. The average molecular weight is 393 g/mol. The molecule has 1 N–H and O–H groups in total. The van der Waals surface area contributed by atoms with Crippen LogP contribution in [0.2, 0.25) is 0 Å². The molecule has 2 aliphatic rings. The summed E-state index contributed by atoms with van der Waals surface area (Å²) in [5, 5.41) is 5.85. The molecule has 0 spiro atoms. The predicted octanol–water partition coefficient (Wildman–Crippen LogP) is 3.74. The molecule has 1 aliphatic carbocycles. The number of ether oxygens (including phenoxy) is 2. The number of aliphatic imine (C=N–C) groups is 1. The number of benzene rings is 1. The van der Waals surface area contributed by atoms with Gasteiger partial charge >= 0.3 is 0 Å². The van der Waals surface area contributed by atoms with Gasteiger partial charge in [0.05, 0.1) is 38.1 Å². The lowest BCUT2D eigenvalue weighted by molar-refractivity contribution is 0.300. The molecule has 1 aromatic carbocycles. The highest BCUT2D eigenvalue weighted by molar-refractivity contribution is 6.09. The molecule has 152 valence electrons. The van der Waals surface area contributed by atoms with Gasteiger partial charge in [-0.3, -0.25) is 9.98 Å². The summed E-state index contributed by atoms with van der Waals surface area (Å²) in [6.45, 7) is 3.69. The van der Waals surface area contributed by atoms with Gasteiger partial charge in [0, 0.05) is 28.9 Å². The molecule has 29 heavy (non-hydrogen) atoms. The first-order valence-corrected chi connectivity index (χ1v) is 9.90. The molecule has 0 fully saturated rings. The van der Waals surface area contributed by atoms with E-state index < -0.39 is 0 Å². The van der Waals surface area contributed by atoms with Gasteiger partial charge < -0.3 is 19.7 Å². The van der Waals surface area contributed by atoms with Crippen LogP contribution >= 0.6 is 0 Å². The van der Waals surface area contributed by atoms with Gasteiger partial charge in [0.25, 0.3) is 0 Å². The number of nitrogens with one attached hydrogen (secondary N) is 1. The minimum atomic E-state index is 0.0900. The van der Waals surface area contributed by atoms with Crippen LogP contribution in [0.25, 0.3) is 10.8 Å². The van der Waals surface area contributed by atoms with Crippen molar-refractivity contribution in [1.29, 1.82) is 0 Å². The molecule has 0 saturated carbocycles. The number of amidine groups is 1. The number of aromatic nitrogens is 1. The third-order valence-electron chi connectivity index (χ3n) is 5.58. The van der Waals surface area contributed by atoms with Gasteiger partial charge in [-0.15, -0.1) is 0 Å². The van der Waals surface area contributed by atoms with Crippen LogP contribution in [0, 0.1) is 12.8 Å². The second-order valence-corrected chi connectivity index (χ2v) is 7.75. The molecule has 1 aliphatic heterocycles. The Balaban J connectivity index is 1.85. The van der Waals surface area contributed by atoms with E-state index in [1.165, 1.54) is 0 Å². The summed E-state index contributed by atoms with van der Waals surface area (Å²) in [7, 11) is 7.51. The summed E-state index contributed by atoms with van der Waals surface area (Å²) < 4.78 is 10.9. The molecule has 1 aromatic heterocycles. The molecular formula is C23H28N4O2. The van der Waals surface area contributed by atoms with Crippen molar-refractivity contribution in [3.05, 3.63) is 53.6 Å². The molecule has 6 nitrogen and oxygen atoms in total. The van der Waals surface area contributed by atoms with Crippen molar-refractivity contribution in [2.75, 3.05) is 46.7 Å². The topological polar surface area (TPSA) is 59.0 Å². The maximum atomic E-state index is 5.49. The van der Waals surface area contributed by atoms with E-state index in [9.17, 15) is 0 Å². The Kier molecular flexibility index (Phi) is 5.28. The summed E-state index contributed by atoms with van der Waals surface area (Å²) in [6, 6.07) is 6.15. The molecular weight excluding hydrogens is 364 g/mol. The maximum Gasteiger partial charge on any atom is 0.119 e. The van der Waals surface area contributed by atoms with Gasteiger partial charge in [0.1, 0.15) is 17.3 Å². The Labute approximate surface area is 171 Å². The first kappa shape index (κ1) is 19.5. The lowest BCUT2D eigenvalue weighted by Gasteiger charge is -2.34. The smallest absolute Gasteiger partial charge is 0.119 e. The highest BCUT2D eigenvalue weighted by Gasteiger charge is 2.36. The lowest BCUT2D eigenvalue weighted by atomic mass is 9.80. The predicted molar refractivity (Wildman–Crippen MR) is 118 cm³/mol. The van der Waals surface area contributed by atoms with E-state index in [0.717, 1.165) is 58.3 Å². The van der Waals surface area contributed by atoms with Crippen LogP contribution in [0.5, 0.6) is 5.75 Å². The number of allylic oxidation sites excluding steroid dienone is 2.